The molecule has 4 rings (SSSR count). The number of carbonyl (C=O) groups excluding carboxylic acids is 1. The second kappa shape index (κ2) is 10.8. The number of nitrogens with zero attached hydrogens (tertiary/aromatic N) is 3. The first kappa shape index (κ1) is 22.6. The van der Waals surface area contributed by atoms with Crippen molar-refractivity contribution >= 4 is 11.9 Å². The van der Waals surface area contributed by atoms with Gasteiger partial charge in [-0.3, -0.25) is 4.79 Å². The standard InChI is InChI=1S/C26H30N4O3/c1-3-32-23-12-6-7-13-24(23)33-22-11-8-14-30(18-22)26-28-16-21(17-29-26)25(31)27-15-20-10-5-4-9-19(20)2/h4-7,9-10,12-13,16-17,22H,3,8,11,14-15,18H2,1-2H3,(H,27,31). The minimum atomic E-state index is -0.183. The Balaban J connectivity index is 1.35. The molecule has 1 saturated heterocycles. The van der Waals surface area contributed by atoms with Crippen LogP contribution in [0.4, 0.5) is 5.95 Å². The van der Waals surface area contributed by atoms with Crippen LogP contribution in [0.3, 0.4) is 0 Å². The normalized spacial score (nSPS) is 15.7. The van der Waals surface area contributed by atoms with Crippen LogP contribution in [0.2, 0.25) is 0 Å². The number of carbonyl (C=O) groups is 1. The third kappa shape index (κ3) is 5.80. The lowest BCUT2D eigenvalue weighted by Gasteiger charge is -2.33. The molecule has 0 radical (unpaired) electrons. The maximum absolute atomic E-state index is 12.5. The lowest BCUT2D eigenvalue weighted by Crippen LogP contribution is -2.42. The molecular weight excluding hydrogens is 416 g/mol. The topological polar surface area (TPSA) is 76.6 Å². The SMILES string of the molecule is CCOc1ccccc1OC1CCCN(c2ncc(C(=O)NCc3ccccc3C)cn2)C1. The second-order valence-corrected chi connectivity index (χ2v) is 8.09. The Morgan fingerprint density at radius 2 is 1.82 bits per heavy atom. The fourth-order valence-corrected chi connectivity index (χ4v) is 3.91. The van der Waals surface area contributed by atoms with E-state index in [9.17, 15) is 4.79 Å². The molecule has 1 unspecified atom stereocenters. The molecule has 0 bridgehead atoms. The predicted molar refractivity (Wildman–Crippen MR) is 128 cm³/mol. The fourth-order valence-electron chi connectivity index (χ4n) is 3.91. The number of benzene rings is 2. The van der Waals surface area contributed by atoms with Crippen molar-refractivity contribution in [3.05, 3.63) is 77.6 Å². The van der Waals surface area contributed by atoms with E-state index >= 15 is 0 Å². The van der Waals surface area contributed by atoms with Gasteiger partial charge in [-0.05, 0) is 49.9 Å². The molecule has 1 fully saturated rings. The van der Waals surface area contributed by atoms with Crippen molar-refractivity contribution in [1.29, 1.82) is 0 Å². The van der Waals surface area contributed by atoms with Gasteiger partial charge >= 0.3 is 0 Å². The van der Waals surface area contributed by atoms with Gasteiger partial charge in [0.25, 0.3) is 5.91 Å². The molecule has 1 aromatic heterocycles. The minimum absolute atomic E-state index is 0.0149. The first-order chi connectivity index (χ1) is 16.1. The predicted octanol–water partition coefficient (Wildman–Crippen LogP) is 4.16. The molecule has 0 saturated carbocycles. The molecule has 1 amide bonds. The minimum Gasteiger partial charge on any atom is -0.490 e. The monoisotopic (exact) mass is 446 g/mol. The van der Waals surface area contributed by atoms with Crippen LogP contribution < -0.4 is 19.7 Å². The Morgan fingerprint density at radius 1 is 1.09 bits per heavy atom. The summed E-state index contributed by atoms with van der Waals surface area (Å²) in [5.74, 6) is 1.94. The summed E-state index contributed by atoms with van der Waals surface area (Å²) in [6.45, 7) is 6.59. The van der Waals surface area contributed by atoms with Crippen molar-refractivity contribution in [2.75, 3.05) is 24.6 Å². The summed E-state index contributed by atoms with van der Waals surface area (Å²) in [7, 11) is 0. The molecule has 1 atom stereocenters. The molecule has 172 valence electrons. The van der Waals surface area contributed by atoms with Crippen LogP contribution in [0.25, 0.3) is 0 Å². The van der Waals surface area contributed by atoms with Gasteiger partial charge < -0.3 is 19.7 Å². The Kier molecular flexibility index (Phi) is 7.40. The van der Waals surface area contributed by atoms with Crippen molar-refractivity contribution in [3.8, 4) is 11.5 Å². The fraction of sp³-hybridized carbons (Fsp3) is 0.346. The van der Waals surface area contributed by atoms with E-state index in [2.05, 4.69) is 20.2 Å². The van der Waals surface area contributed by atoms with E-state index < -0.39 is 0 Å². The van der Waals surface area contributed by atoms with Gasteiger partial charge in [0.1, 0.15) is 6.10 Å². The van der Waals surface area contributed by atoms with Gasteiger partial charge in [-0.15, -0.1) is 0 Å². The maximum Gasteiger partial charge on any atom is 0.254 e. The number of hydrogen-bond donors (Lipinski definition) is 1. The third-order valence-corrected chi connectivity index (χ3v) is 5.70. The molecule has 2 heterocycles. The van der Waals surface area contributed by atoms with Crippen LogP contribution >= 0.6 is 0 Å². The van der Waals surface area contributed by atoms with E-state index in [0.717, 1.165) is 42.0 Å². The molecule has 7 nitrogen and oxygen atoms in total. The van der Waals surface area contributed by atoms with Gasteiger partial charge in [-0.25, -0.2) is 9.97 Å². The Labute approximate surface area is 194 Å². The molecule has 1 N–H and O–H groups in total. The highest BCUT2D eigenvalue weighted by Crippen LogP contribution is 2.29. The quantitative estimate of drug-likeness (QED) is 0.560. The van der Waals surface area contributed by atoms with Crippen LogP contribution in [-0.4, -0.2) is 41.7 Å². The van der Waals surface area contributed by atoms with Crippen LogP contribution in [0.5, 0.6) is 11.5 Å². The third-order valence-electron chi connectivity index (χ3n) is 5.70. The first-order valence-corrected chi connectivity index (χ1v) is 11.4. The van der Waals surface area contributed by atoms with E-state index in [-0.39, 0.29) is 12.0 Å². The van der Waals surface area contributed by atoms with E-state index in [1.807, 2.05) is 62.4 Å². The summed E-state index contributed by atoms with van der Waals surface area (Å²) in [5, 5.41) is 2.94. The molecule has 33 heavy (non-hydrogen) atoms. The molecule has 1 aliphatic rings. The van der Waals surface area contributed by atoms with Crippen molar-refractivity contribution in [2.24, 2.45) is 0 Å². The number of nitrogens with one attached hydrogen (secondary N) is 1. The number of piperidine rings is 1. The van der Waals surface area contributed by atoms with E-state index in [1.54, 1.807) is 12.4 Å². The zero-order valence-electron chi connectivity index (χ0n) is 19.2. The van der Waals surface area contributed by atoms with Crippen molar-refractivity contribution < 1.29 is 14.3 Å². The van der Waals surface area contributed by atoms with Crippen molar-refractivity contribution in [3.63, 3.8) is 0 Å². The van der Waals surface area contributed by atoms with Gasteiger partial charge in [0.05, 0.1) is 18.7 Å². The van der Waals surface area contributed by atoms with E-state index in [0.29, 0.717) is 31.2 Å². The largest absolute Gasteiger partial charge is 0.490 e. The van der Waals surface area contributed by atoms with Gasteiger partial charge in [-0.1, -0.05) is 36.4 Å². The van der Waals surface area contributed by atoms with Crippen molar-refractivity contribution in [2.45, 2.75) is 39.3 Å². The molecule has 2 aromatic carbocycles. The molecule has 0 spiro atoms. The zero-order chi connectivity index (χ0) is 23.0. The highest BCUT2D eigenvalue weighted by Gasteiger charge is 2.24. The molecule has 7 heteroatoms. The van der Waals surface area contributed by atoms with E-state index in [4.69, 9.17) is 9.47 Å². The van der Waals surface area contributed by atoms with Gasteiger partial charge in [0.15, 0.2) is 11.5 Å². The van der Waals surface area contributed by atoms with E-state index in [1.165, 1.54) is 0 Å². The number of anilines is 1. The van der Waals surface area contributed by atoms with Gasteiger partial charge in [0, 0.05) is 25.5 Å². The van der Waals surface area contributed by atoms with Crippen LogP contribution in [0.1, 0.15) is 41.3 Å². The summed E-state index contributed by atoms with van der Waals surface area (Å²) >= 11 is 0. The second-order valence-electron chi connectivity index (χ2n) is 8.09. The van der Waals surface area contributed by atoms with Crippen LogP contribution in [0, 0.1) is 6.92 Å². The number of ether oxygens (including phenoxy) is 2. The highest BCUT2D eigenvalue weighted by atomic mass is 16.5. The zero-order valence-corrected chi connectivity index (χ0v) is 19.2. The summed E-state index contributed by atoms with van der Waals surface area (Å²) in [6.07, 6.45) is 5.12. The van der Waals surface area contributed by atoms with Crippen LogP contribution in [0.15, 0.2) is 60.9 Å². The Hall–Kier alpha value is -3.61. The average molecular weight is 447 g/mol. The smallest absolute Gasteiger partial charge is 0.254 e. The van der Waals surface area contributed by atoms with Crippen LogP contribution in [-0.2, 0) is 6.54 Å². The number of hydrogen-bond acceptors (Lipinski definition) is 6. The maximum atomic E-state index is 12.5. The number of aromatic nitrogens is 2. The number of aryl methyl sites for hydroxylation is 1. The van der Waals surface area contributed by atoms with Crippen molar-refractivity contribution in [1.82, 2.24) is 15.3 Å². The molecule has 1 aliphatic heterocycles. The lowest BCUT2D eigenvalue weighted by atomic mass is 10.1. The molecular formula is C26H30N4O3. The molecule has 0 aliphatic carbocycles. The van der Waals surface area contributed by atoms with Gasteiger partial charge in [0.2, 0.25) is 5.95 Å². The highest BCUT2D eigenvalue weighted by molar-refractivity contribution is 5.93. The summed E-state index contributed by atoms with van der Waals surface area (Å²) in [4.78, 5) is 23.5. The Morgan fingerprint density at radius 3 is 2.58 bits per heavy atom. The van der Waals surface area contributed by atoms with Gasteiger partial charge in [-0.2, -0.15) is 0 Å². The first-order valence-electron chi connectivity index (χ1n) is 11.4. The summed E-state index contributed by atoms with van der Waals surface area (Å²) < 4.78 is 11.9. The number of amides is 1. The Bertz CT molecular complexity index is 1070. The number of para-hydroxylation sites is 2. The summed E-state index contributed by atoms with van der Waals surface area (Å²) in [6, 6.07) is 15.7. The molecule has 3 aromatic rings. The lowest BCUT2D eigenvalue weighted by molar-refractivity contribution is 0.0950. The summed E-state index contributed by atoms with van der Waals surface area (Å²) in [5.41, 5.74) is 2.69. The average Bonchev–Trinajstić information content (AvgIpc) is 2.85. The number of rotatable bonds is 8.